The summed E-state index contributed by atoms with van der Waals surface area (Å²) in [6, 6.07) is 7.57. The number of fused-ring (bicyclic) bond motifs is 1. The topological polar surface area (TPSA) is 87.3 Å². The summed E-state index contributed by atoms with van der Waals surface area (Å²) in [4.78, 5) is 25.3. The number of carbonyl (C=O) groups is 2. The molecular formula is C15H13F3N4O3. The molecule has 0 saturated heterocycles. The molecule has 10 heteroatoms. The lowest BCUT2D eigenvalue weighted by Crippen LogP contribution is -2.43. The van der Waals surface area contributed by atoms with Crippen molar-refractivity contribution in [2.45, 2.75) is 6.18 Å². The largest absolute Gasteiger partial charge is 0.482 e. The lowest BCUT2D eigenvalue weighted by molar-refractivity contribution is -0.141. The van der Waals surface area contributed by atoms with Gasteiger partial charge in [0.05, 0.1) is 5.69 Å². The van der Waals surface area contributed by atoms with Gasteiger partial charge < -0.3 is 15.0 Å². The highest BCUT2D eigenvalue weighted by molar-refractivity contribution is 5.98. The minimum Gasteiger partial charge on any atom is -0.482 e. The van der Waals surface area contributed by atoms with Crippen molar-refractivity contribution in [3.05, 3.63) is 41.7 Å². The van der Waals surface area contributed by atoms with Crippen molar-refractivity contribution in [1.29, 1.82) is 0 Å². The molecule has 1 aromatic carbocycles. The number of ether oxygens (including phenoxy) is 1. The molecule has 0 aliphatic carbocycles. The summed E-state index contributed by atoms with van der Waals surface area (Å²) in [7, 11) is 0. The SMILES string of the molecule is O=C(NCCN1C(=O)COc2ccccc21)c1cc(C(F)(F)F)[nH]n1. The number of aromatic amines is 1. The number of para-hydroxylation sites is 2. The van der Waals surface area contributed by atoms with E-state index in [1.54, 1.807) is 29.4 Å². The molecular weight excluding hydrogens is 341 g/mol. The number of amides is 2. The lowest BCUT2D eigenvalue weighted by Gasteiger charge is -2.29. The molecule has 25 heavy (non-hydrogen) atoms. The van der Waals surface area contributed by atoms with E-state index in [4.69, 9.17) is 4.74 Å². The van der Waals surface area contributed by atoms with Crippen LogP contribution in [0, 0.1) is 0 Å². The Morgan fingerprint density at radius 1 is 1.36 bits per heavy atom. The van der Waals surface area contributed by atoms with Gasteiger partial charge >= 0.3 is 6.18 Å². The van der Waals surface area contributed by atoms with Crippen LogP contribution in [0.2, 0.25) is 0 Å². The number of hydrogen-bond donors (Lipinski definition) is 2. The second kappa shape index (κ2) is 6.46. The van der Waals surface area contributed by atoms with Crippen LogP contribution in [0.4, 0.5) is 18.9 Å². The number of nitrogens with one attached hydrogen (secondary N) is 2. The zero-order chi connectivity index (χ0) is 18.0. The number of halogens is 3. The number of carbonyl (C=O) groups excluding carboxylic acids is 2. The quantitative estimate of drug-likeness (QED) is 0.873. The molecule has 0 fully saturated rings. The standard InChI is InChI=1S/C15H13F3N4O3/c16-15(17,18)12-7-9(20-21-12)14(24)19-5-6-22-10-3-1-2-4-11(10)25-8-13(22)23/h1-4,7H,5-6,8H2,(H,19,24)(H,20,21). The van der Waals surface area contributed by atoms with E-state index in [9.17, 15) is 22.8 Å². The van der Waals surface area contributed by atoms with Gasteiger partial charge in [0.1, 0.15) is 11.4 Å². The summed E-state index contributed by atoms with van der Waals surface area (Å²) in [6.07, 6.45) is -4.60. The first-order valence-corrected chi connectivity index (χ1v) is 7.29. The van der Waals surface area contributed by atoms with Crippen LogP contribution in [-0.2, 0) is 11.0 Å². The summed E-state index contributed by atoms with van der Waals surface area (Å²) < 4.78 is 42.8. The molecule has 0 atom stereocenters. The van der Waals surface area contributed by atoms with E-state index in [1.807, 2.05) is 0 Å². The van der Waals surface area contributed by atoms with Gasteiger partial charge in [-0.25, -0.2) is 0 Å². The molecule has 0 saturated carbocycles. The van der Waals surface area contributed by atoms with E-state index < -0.39 is 17.8 Å². The summed E-state index contributed by atoms with van der Waals surface area (Å²) in [5, 5.41) is 7.55. The molecule has 3 rings (SSSR count). The van der Waals surface area contributed by atoms with Gasteiger partial charge in [0.15, 0.2) is 12.3 Å². The van der Waals surface area contributed by atoms with Crippen molar-refractivity contribution >= 4 is 17.5 Å². The summed E-state index contributed by atoms with van der Waals surface area (Å²) in [5.41, 5.74) is -0.900. The van der Waals surface area contributed by atoms with Gasteiger partial charge in [0, 0.05) is 19.2 Å². The molecule has 0 unspecified atom stereocenters. The van der Waals surface area contributed by atoms with Crippen LogP contribution in [0.3, 0.4) is 0 Å². The second-order valence-electron chi connectivity index (χ2n) is 5.22. The Balaban J connectivity index is 1.60. The number of benzene rings is 1. The molecule has 0 bridgehead atoms. The first-order chi connectivity index (χ1) is 11.9. The molecule has 2 N–H and O–H groups in total. The second-order valence-corrected chi connectivity index (χ2v) is 5.22. The Bertz CT molecular complexity index is 803. The maximum Gasteiger partial charge on any atom is 0.432 e. The third-order valence-corrected chi connectivity index (χ3v) is 3.55. The third kappa shape index (κ3) is 3.57. The molecule has 132 valence electrons. The summed E-state index contributed by atoms with van der Waals surface area (Å²) in [6.45, 7) is 0.0912. The summed E-state index contributed by atoms with van der Waals surface area (Å²) >= 11 is 0. The first kappa shape index (κ1) is 16.8. The molecule has 2 amide bonds. The Morgan fingerprint density at radius 2 is 2.12 bits per heavy atom. The Morgan fingerprint density at radius 3 is 2.84 bits per heavy atom. The van der Waals surface area contributed by atoms with Gasteiger partial charge in [-0.05, 0) is 12.1 Å². The predicted molar refractivity (Wildman–Crippen MR) is 80.2 cm³/mol. The summed E-state index contributed by atoms with van der Waals surface area (Å²) in [5.74, 6) is -0.483. The Labute approximate surface area is 139 Å². The number of rotatable bonds is 4. The van der Waals surface area contributed by atoms with Gasteiger partial charge in [-0.3, -0.25) is 14.7 Å². The van der Waals surface area contributed by atoms with Gasteiger partial charge in [-0.1, -0.05) is 12.1 Å². The maximum atomic E-state index is 12.5. The average molecular weight is 354 g/mol. The highest BCUT2D eigenvalue weighted by Gasteiger charge is 2.33. The van der Waals surface area contributed by atoms with Crippen molar-refractivity contribution in [3.8, 4) is 5.75 Å². The average Bonchev–Trinajstić information content (AvgIpc) is 3.07. The molecule has 2 heterocycles. The highest BCUT2D eigenvalue weighted by atomic mass is 19.4. The van der Waals surface area contributed by atoms with Crippen molar-refractivity contribution in [2.75, 3.05) is 24.6 Å². The number of aromatic nitrogens is 2. The fraction of sp³-hybridized carbons (Fsp3) is 0.267. The molecule has 1 aromatic heterocycles. The van der Waals surface area contributed by atoms with Crippen molar-refractivity contribution < 1.29 is 27.5 Å². The van der Waals surface area contributed by atoms with Crippen LogP contribution in [0.15, 0.2) is 30.3 Å². The molecule has 1 aliphatic rings. The predicted octanol–water partition coefficient (Wildman–Crippen LogP) is 1.58. The number of hydrogen-bond acceptors (Lipinski definition) is 4. The van der Waals surface area contributed by atoms with Gasteiger partial charge in [0.2, 0.25) is 0 Å². The normalized spacial score (nSPS) is 14.0. The number of anilines is 1. The van der Waals surface area contributed by atoms with Gasteiger partial charge in [0.25, 0.3) is 11.8 Å². The minimum atomic E-state index is -4.60. The van der Waals surface area contributed by atoms with Crippen molar-refractivity contribution in [1.82, 2.24) is 15.5 Å². The molecule has 0 spiro atoms. The Hall–Kier alpha value is -3.04. The molecule has 7 nitrogen and oxygen atoms in total. The van der Waals surface area contributed by atoms with E-state index in [0.717, 1.165) is 0 Å². The first-order valence-electron chi connectivity index (χ1n) is 7.29. The van der Waals surface area contributed by atoms with Gasteiger partial charge in [-0.2, -0.15) is 18.3 Å². The highest BCUT2D eigenvalue weighted by Crippen LogP contribution is 2.31. The van der Waals surface area contributed by atoms with Crippen LogP contribution in [0.25, 0.3) is 0 Å². The van der Waals surface area contributed by atoms with E-state index in [-0.39, 0.29) is 31.3 Å². The fourth-order valence-corrected chi connectivity index (χ4v) is 2.35. The number of H-pyrrole nitrogens is 1. The van der Waals surface area contributed by atoms with Crippen LogP contribution < -0.4 is 15.0 Å². The molecule has 1 aliphatic heterocycles. The van der Waals surface area contributed by atoms with Crippen LogP contribution >= 0.6 is 0 Å². The van der Waals surface area contributed by atoms with E-state index in [0.29, 0.717) is 17.5 Å². The van der Waals surface area contributed by atoms with Crippen LogP contribution in [-0.4, -0.2) is 41.7 Å². The monoisotopic (exact) mass is 354 g/mol. The maximum absolute atomic E-state index is 12.5. The zero-order valence-corrected chi connectivity index (χ0v) is 12.8. The smallest absolute Gasteiger partial charge is 0.432 e. The van der Waals surface area contributed by atoms with Crippen LogP contribution in [0.1, 0.15) is 16.2 Å². The molecule has 0 radical (unpaired) electrons. The zero-order valence-electron chi connectivity index (χ0n) is 12.8. The number of alkyl halides is 3. The van der Waals surface area contributed by atoms with Crippen molar-refractivity contribution in [2.24, 2.45) is 0 Å². The lowest BCUT2D eigenvalue weighted by atomic mass is 10.2. The number of nitrogens with zero attached hydrogens (tertiary/aromatic N) is 2. The van der Waals surface area contributed by atoms with Crippen molar-refractivity contribution in [3.63, 3.8) is 0 Å². The van der Waals surface area contributed by atoms with Gasteiger partial charge in [-0.15, -0.1) is 0 Å². The minimum absolute atomic E-state index is 0.0487. The van der Waals surface area contributed by atoms with E-state index in [1.165, 1.54) is 4.90 Å². The Kier molecular flexibility index (Phi) is 4.34. The third-order valence-electron chi connectivity index (χ3n) is 3.55. The van der Waals surface area contributed by atoms with E-state index >= 15 is 0 Å². The fourth-order valence-electron chi connectivity index (χ4n) is 2.35. The van der Waals surface area contributed by atoms with Crippen LogP contribution in [0.5, 0.6) is 5.75 Å². The molecule has 2 aromatic rings. The van der Waals surface area contributed by atoms with E-state index in [2.05, 4.69) is 10.4 Å².